The molecule has 4 rings (SSSR count). The number of ether oxygens (including phenoxy) is 1. The van der Waals surface area contributed by atoms with Crippen molar-refractivity contribution in [1.29, 1.82) is 0 Å². The summed E-state index contributed by atoms with van der Waals surface area (Å²) in [6.45, 7) is 4.08. The highest BCUT2D eigenvalue weighted by atomic mass is 32.2. The predicted octanol–water partition coefficient (Wildman–Crippen LogP) is 2.01. The van der Waals surface area contributed by atoms with Crippen molar-refractivity contribution in [3.05, 3.63) is 50.4 Å². The van der Waals surface area contributed by atoms with Gasteiger partial charge < -0.3 is 9.64 Å². The Hall–Kier alpha value is -2.01. The highest BCUT2D eigenvalue weighted by Gasteiger charge is 2.32. The monoisotopic (exact) mass is 463 g/mol. The molecule has 1 amide bonds. The van der Waals surface area contributed by atoms with Gasteiger partial charge in [0, 0.05) is 31.6 Å². The van der Waals surface area contributed by atoms with Crippen molar-refractivity contribution in [1.82, 2.24) is 9.47 Å². The van der Waals surface area contributed by atoms with E-state index in [1.807, 2.05) is 30.1 Å². The molecule has 2 aliphatic rings. The molecule has 0 saturated carbocycles. The maximum Gasteiger partial charge on any atom is 0.272 e. The lowest BCUT2D eigenvalue weighted by molar-refractivity contribution is -0.119. The van der Waals surface area contributed by atoms with Gasteiger partial charge in [0.25, 0.3) is 11.5 Å². The number of aromatic nitrogens is 1. The third kappa shape index (κ3) is 3.24. The molecular formula is C19H17N3O3S4. The van der Waals surface area contributed by atoms with Gasteiger partial charge in [-0.15, -0.1) is 17.9 Å². The highest BCUT2D eigenvalue weighted by Crippen LogP contribution is 2.46. The number of carbonyl (C=O) groups excluding carboxylic acids is 1. The quantitative estimate of drug-likeness (QED) is 0.510. The molecule has 0 spiro atoms. The molecule has 0 unspecified atom stereocenters. The van der Waals surface area contributed by atoms with Gasteiger partial charge in [-0.05, 0) is 12.1 Å². The molecule has 0 radical (unpaired) electrons. The first-order chi connectivity index (χ1) is 13.9. The standard InChI is InChI=1S/C19H17N3O3S4/c1-5-8-22-16(24)14(28-18(22)13-15(23)21(3)19(26)29-13)17-20(2)11-9-10(25-4)6-7-12(11)27-17/h5-7,9H,1,8H2,2-4H3/b17-14-,18-13-. The Morgan fingerprint density at radius 2 is 1.97 bits per heavy atom. The summed E-state index contributed by atoms with van der Waals surface area (Å²) in [7, 11) is 5.20. The molecular weight excluding hydrogens is 446 g/mol. The maximum atomic E-state index is 13.3. The van der Waals surface area contributed by atoms with Gasteiger partial charge >= 0.3 is 0 Å². The number of allylic oxidation sites excluding steroid dienone is 1. The normalized spacial score (nSPS) is 19.8. The van der Waals surface area contributed by atoms with Crippen LogP contribution >= 0.6 is 47.1 Å². The zero-order valence-corrected chi connectivity index (χ0v) is 19.2. The summed E-state index contributed by atoms with van der Waals surface area (Å²) in [5, 5.41) is 0.833. The second-order valence-electron chi connectivity index (χ2n) is 6.30. The van der Waals surface area contributed by atoms with Gasteiger partial charge in [0.15, 0.2) is 0 Å². The van der Waals surface area contributed by atoms with E-state index in [0.717, 1.165) is 21.4 Å². The molecule has 1 aromatic heterocycles. The van der Waals surface area contributed by atoms with E-state index in [0.29, 0.717) is 25.0 Å². The van der Waals surface area contributed by atoms with E-state index >= 15 is 0 Å². The molecule has 1 fully saturated rings. The second-order valence-corrected chi connectivity index (χ2v) is 9.98. The van der Waals surface area contributed by atoms with Gasteiger partial charge in [-0.25, -0.2) is 0 Å². The van der Waals surface area contributed by atoms with Crippen LogP contribution in [0.1, 0.15) is 0 Å². The van der Waals surface area contributed by atoms with Crippen LogP contribution in [0.4, 0.5) is 5.69 Å². The van der Waals surface area contributed by atoms with Crippen LogP contribution in [-0.2, 0) is 11.3 Å². The summed E-state index contributed by atoms with van der Waals surface area (Å²) in [6.07, 6.45) is 1.66. The number of hydrogen-bond donors (Lipinski definition) is 0. The maximum absolute atomic E-state index is 13.3. The molecule has 10 heteroatoms. The van der Waals surface area contributed by atoms with E-state index < -0.39 is 0 Å². The van der Waals surface area contributed by atoms with Crippen molar-refractivity contribution in [2.45, 2.75) is 11.4 Å². The largest absolute Gasteiger partial charge is 0.497 e. The fourth-order valence-corrected chi connectivity index (χ4v) is 6.80. The van der Waals surface area contributed by atoms with E-state index in [4.69, 9.17) is 17.0 Å². The number of anilines is 1. The van der Waals surface area contributed by atoms with Crippen LogP contribution in [0, 0.1) is 0 Å². The predicted molar refractivity (Wildman–Crippen MR) is 125 cm³/mol. The number of benzene rings is 1. The van der Waals surface area contributed by atoms with Crippen LogP contribution in [-0.4, -0.2) is 40.9 Å². The number of thioether (sulfide) groups is 2. The van der Waals surface area contributed by atoms with Gasteiger partial charge in [0.1, 0.15) is 29.2 Å². The lowest BCUT2D eigenvalue weighted by Gasteiger charge is -2.13. The van der Waals surface area contributed by atoms with E-state index in [-0.39, 0.29) is 11.5 Å². The van der Waals surface area contributed by atoms with E-state index in [1.54, 1.807) is 24.8 Å². The Balaban J connectivity index is 1.98. The first-order valence-electron chi connectivity index (χ1n) is 8.56. The Morgan fingerprint density at radius 3 is 2.59 bits per heavy atom. The van der Waals surface area contributed by atoms with Crippen LogP contribution in [0.2, 0.25) is 0 Å². The van der Waals surface area contributed by atoms with Crippen molar-refractivity contribution in [2.24, 2.45) is 0 Å². The molecule has 1 aromatic carbocycles. The molecule has 150 valence electrons. The number of rotatable bonds is 3. The van der Waals surface area contributed by atoms with E-state index in [1.165, 1.54) is 39.8 Å². The van der Waals surface area contributed by atoms with Crippen molar-refractivity contribution >= 4 is 72.9 Å². The van der Waals surface area contributed by atoms with Gasteiger partial charge in [0.2, 0.25) is 0 Å². The van der Waals surface area contributed by atoms with Crippen molar-refractivity contribution in [2.75, 3.05) is 26.1 Å². The molecule has 0 atom stereocenters. The molecule has 0 bridgehead atoms. The van der Waals surface area contributed by atoms with Crippen LogP contribution in [0.15, 0.2) is 40.5 Å². The molecule has 0 N–H and O–H groups in total. The Labute approximate surface area is 185 Å². The SMILES string of the molecule is C=CCn1c(=O)/c(=C2/Sc3ccc(OC)cc3N2C)s/c1=C1\SC(=S)N(C)C1=O. The minimum Gasteiger partial charge on any atom is -0.497 e. The van der Waals surface area contributed by atoms with Crippen LogP contribution < -0.4 is 24.4 Å². The number of methoxy groups -OCH3 is 1. The first kappa shape index (κ1) is 20.3. The molecule has 0 aliphatic carbocycles. The fourth-order valence-electron chi connectivity index (χ4n) is 3.03. The minimum absolute atomic E-state index is 0.139. The van der Waals surface area contributed by atoms with Crippen molar-refractivity contribution in [3.8, 4) is 5.75 Å². The zero-order chi connectivity index (χ0) is 20.9. The summed E-state index contributed by atoms with van der Waals surface area (Å²) in [4.78, 5) is 30.9. The summed E-state index contributed by atoms with van der Waals surface area (Å²) in [5.41, 5.74) is 0.842. The number of carbonyl (C=O) groups is 1. The molecule has 29 heavy (non-hydrogen) atoms. The number of thiocarbonyl (C=S) groups is 1. The summed E-state index contributed by atoms with van der Waals surface area (Å²) in [6, 6.07) is 5.83. The van der Waals surface area contributed by atoms with Crippen molar-refractivity contribution < 1.29 is 9.53 Å². The minimum atomic E-state index is -0.184. The van der Waals surface area contributed by atoms with E-state index in [9.17, 15) is 9.59 Å². The second kappa shape index (κ2) is 7.67. The fraction of sp³-hybridized carbons (Fsp3) is 0.211. The van der Waals surface area contributed by atoms with Gasteiger partial charge in [-0.1, -0.05) is 41.8 Å². The molecule has 1 saturated heterocycles. The Bertz CT molecular complexity index is 1240. The molecule has 3 heterocycles. The molecule has 6 nitrogen and oxygen atoms in total. The summed E-state index contributed by atoms with van der Waals surface area (Å²) in [5.74, 6) is 0.574. The number of nitrogens with zero attached hydrogens (tertiary/aromatic N) is 3. The van der Waals surface area contributed by atoms with Crippen LogP contribution in [0.3, 0.4) is 0 Å². The van der Waals surface area contributed by atoms with Crippen LogP contribution in [0.25, 0.3) is 9.93 Å². The van der Waals surface area contributed by atoms with E-state index in [2.05, 4.69) is 6.58 Å². The third-order valence-electron chi connectivity index (χ3n) is 4.58. The highest BCUT2D eigenvalue weighted by molar-refractivity contribution is 8.30. The average Bonchev–Trinajstić information content (AvgIpc) is 3.30. The molecule has 2 aromatic rings. The average molecular weight is 464 g/mol. The smallest absolute Gasteiger partial charge is 0.272 e. The van der Waals surface area contributed by atoms with Crippen LogP contribution in [0.5, 0.6) is 5.75 Å². The number of hydrogen-bond acceptors (Lipinski definition) is 8. The topological polar surface area (TPSA) is 54.8 Å². The lowest BCUT2D eigenvalue weighted by atomic mass is 10.3. The van der Waals surface area contributed by atoms with Gasteiger partial charge in [-0.3, -0.25) is 19.1 Å². The number of fused-ring (bicyclic) bond motifs is 1. The van der Waals surface area contributed by atoms with Gasteiger partial charge in [-0.2, -0.15) is 0 Å². The zero-order valence-electron chi connectivity index (χ0n) is 15.9. The lowest BCUT2D eigenvalue weighted by Crippen LogP contribution is -2.34. The Kier molecular flexibility index (Phi) is 5.36. The number of thiazole rings is 1. The first-order valence-corrected chi connectivity index (χ1v) is 11.4. The van der Waals surface area contributed by atoms with Gasteiger partial charge in [0.05, 0.1) is 12.8 Å². The number of amides is 1. The summed E-state index contributed by atoms with van der Waals surface area (Å²) < 4.78 is 8.61. The van der Waals surface area contributed by atoms with Crippen molar-refractivity contribution in [3.63, 3.8) is 0 Å². The summed E-state index contributed by atoms with van der Waals surface area (Å²) >= 11 is 9.34. The molecule has 2 aliphatic heterocycles. The third-order valence-corrected chi connectivity index (χ3v) is 8.81. The Morgan fingerprint density at radius 1 is 1.21 bits per heavy atom.